The van der Waals surface area contributed by atoms with Gasteiger partial charge in [-0.2, -0.15) is 0 Å². The molecule has 1 unspecified atom stereocenters. The second-order valence-electron chi connectivity index (χ2n) is 4.45. The van der Waals surface area contributed by atoms with Gasteiger partial charge in [0.25, 0.3) is 0 Å². The van der Waals surface area contributed by atoms with Crippen LogP contribution in [0.5, 0.6) is 0 Å². The second-order valence-corrected chi connectivity index (χ2v) is 5.37. The van der Waals surface area contributed by atoms with Gasteiger partial charge in [-0.05, 0) is 43.6 Å². The molecule has 1 aliphatic rings. The Labute approximate surface area is 110 Å². The molecule has 1 aromatic carbocycles. The van der Waals surface area contributed by atoms with Crippen LogP contribution in [-0.2, 0) is 4.79 Å². The van der Waals surface area contributed by atoms with Crippen molar-refractivity contribution in [2.45, 2.75) is 25.3 Å². The van der Waals surface area contributed by atoms with Crippen molar-refractivity contribution in [2.75, 3.05) is 13.1 Å². The number of carbonyl (C=O) groups excluding carboxylic acids is 1. The van der Waals surface area contributed by atoms with Gasteiger partial charge >= 0.3 is 0 Å². The fourth-order valence-electron chi connectivity index (χ4n) is 2.38. The first-order valence-corrected chi connectivity index (χ1v) is 6.76. The van der Waals surface area contributed by atoms with Gasteiger partial charge in [0.15, 0.2) is 0 Å². The van der Waals surface area contributed by atoms with Crippen LogP contribution in [0.2, 0.25) is 0 Å². The Kier molecular flexibility index (Phi) is 4.18. The predicted octanol–water partition coefficient (Wildman–Crippen LogP) is 2.46. The maximum absolute atomic E-state index is 11.7. The Morgan fingerprint density at radius 3 is 2.29 bits per heavy atom. The summed E-state index contributed by atoms with van der Waals surface area (Å²) in [6.07, 6.45) is 3.56. The van der Waals surface area contributed by atoms with E-state index in [0.29, 0.717) is 0 Å². The van der Waals surface area contributed by atoms with Crippen LogP contribution in [0.1, 0.15) is 30.9 Å². The third kappa shape index (κ3) is 3.07. The van der Waals surface area contributed by atoms with Crippen LogP contribution in [0, 0.1) is 0 Å². The monoisotopic (exact) mass is 296 g/mol. The van der Waals surface area contributed by atoms with Gasteiger partial charge in [-0.1, -0.05) is 34.5 Å². The molecule has 0 bridgehead atoms. The normalized spacial score (nSPS) is 18.9. The number of hydrogen-bond donors (Lipinski definition) is 1. The van der Waals surface area contributed by atoms with Crippen molar-refractivity contribution in [1.82, 2.24) is 4.90 Å². The summed E-state index contributed by atoms with van der Waals surface area (Å²) in [5.74, 6) is -0.255. The van der Waals surface area contributed by atoms with E-state index in [9.17, 15) is 4.79 Å². The molecule has 0 saturated carbocycles. The molecule has 1 aliphatic heterocycles. The summed E-state index contributed by atoms with van der Waals surface area (Å²) in [6, 6.07) is 7.57. The zero-order chi connectivity index (χ0) is 12.3. The number of primary amides is 1. The first-order chi connectivity index (χ1) is 8.18. The molecule has 0 aromatic heterocycles. The molecule has 1 heterocycles. The number of carbonyl (C=O) groups is 1. The molecule has 1 aromatic rings. The topological polar surface area (TPSA) is 46.3 Å². The van der Waals surface area contributed by atoms with Gasteiger partial charge in [0.2, 0.25) is 5.91 Å². The Morgan fingerprint density at radius 1 is 1.18 bits per heavy atom. The Balaban J connectivity index is 2.21. The van der Waals surface area contributed by atoms with E-state index in [4.69, 9.17) is 5.73 Å². The van der Waals surface area contributed by atoms with E-state index in [1.54, 1.807) is 0 Å². The van der Waals surface area contributed by atoms with E-state index >= 15 is 0 Å². The van der Waals surface area contributed by atoms with Crippen LogP contribution in [0.4, 0.5) is 0 Å². The third-order valence-corrected chi connectivity index (χ3v) is 3.74. The summed E-state index contributed by atoms with van der Waals surface area (Å²) in [7, 11) is 0. The van der Waals surface area contributed by atoms with Crippen LogP contribution in [0.15, 0.2) is 28.7 Å². The van der Waals surface area contributed by atoms with E-state index in [2.05, 4.69) is 20.8 Å². The SMILES string of the molecule is NC(=O)C(c1ccc(Br)cc1)N1CCCCC1. The van der Waals surface area contributed by atoms with Crippen LogP contribution in [0.3, 0.4) is 0 Å². The molecule has 2 N–H and O–H groups in total. The number of nitrogens with zero attached hydrogens (tertiary/aromatic N) is 1. The fraction of sp³-hybridized carbons (Fsp3) is 0.462. The molecular weight excluding hydrogens is 280 g/mol. The molecule has 0 aliphatic carbocycles. The highest BCUT2D eigenvalue weighted by atomic mass is 79.9. The summed E-state index contributed by atoms with van der Waals surface area (Å²) >= 11 is 3.40. The highest BCUT2D eigenvalue weighted by molar-refractivity contribution is 9.10. The zero-order valence-electron chi connectivity index (χ0n) is 9.73. The number of piperidine rings is 1. The number of nitrogens with two attached hydrogens (primary N) is 1. The average molecular weight is 297 g/mol. The molecule has 17 heavy (non-hydrogen) atoms. The Morgan fingerprint density at radius 2 is 1.76 bits per heavy atom. The van der Waals surface area contributed by atoms with Gasteiger partial charge in [-0.15, -0.1) is 0 Å². The molecule has 0 radical (unpaired) electrons. The maximum Gasteiger partial charge on any atom is 0.239 e. The number of amides is 1. The number of halogens is 1. The molecule has 2 rings (SSSR count). The van der Waals surface area contributed by atoms with Gasteiger partial charge < -0.3 is 5.73 Å². The quantitative estimate of drug-likeness (QED) is 0.931. The number of likely N-dealkylation sites (tertiary alicyclic amines) is 1. The molecule has 0 spiro atoms. The number of rotatable bonds is 3. The van der Waals surface area contributed by atoms with Crippen LogP contribution < -0.4 is 5.73 Å². The van der Waals surface area contributed by atoms with Gasteiger partial charge in [0.1, 0.15) is 6.04 Å². The number of benzene rings is 1. The molecule has 92 valence electrons. The highest BCUT2D eigenvalue weighted by Crippen LogP contribution is 2.25. The lowest BCUT2D eigenvalue weighted by atomic mass is 10.0. The minimum absolute atomic E-state index is 0.255. The zero-order valence-corrected chi connectivity index (χ0v) is 11.3. The molecule has 1 atom stereocenters. The van der Waals surface area contributed by atoms with Crippen LogP contribution in [0.25, 0.3) is 0 Å². The summed E-state index contributed by atoms with van der Waals surface area (Å²) in [5, 5.41) is 0. The summed E-state index contributed by atoms with van der Waals surface area (Å²) in [6.45, 7) is 1.92. The highest BCUT2D eigenvalue weighted by Gasteiger charge is 2.26. The summed E-state index contributed by atoms with van der Waals surface area (Å²) in [5.41, 5.74) is 6.53. The van der Waals surface area contributed by atoms with E-state index < -0.39 is 0 Å². The summed E-state index contributed by atoms with van der Waals surface area (Å²) < 4.78 is 1.02. The van der Waals surface area contributed by atoms with Gasteiger partial charge in [-0.25, -0.2) is 0 Å². The minimum Gasteiger partial charge on any atom is -0.368 e. The molecule has 1 saturated heterocycles. The van der Waals surface area contributed by atoms with Gasteiger partial charge in [0.05, 0.1) is 0 Å². The first-order valence-electron chi connectivity index (χ1n) is 5.97. The van der Waals surface area contributed by atoms with Crippen molar-refractivity contribution in [2.24, 2.45) is 5.73 Å². The molecule has 1 fully saturated rings. The molecular formula is C13H17BrN2O. The van der Waals surface area contributed by atoms with Crippen molar-refractivity contribution in [3.8, 4) is 0 Å². The summed E-state index contributed by atoms with van der Waals surface area (Å²) in [4.78, 5) is 13.8. The molecule has 4 heteroatoms. The van der Waals surface area contributed by atoms with E-state index in [-0.39, 0.29) is 11.9 Å². The lowest BCUT2D eigenvalue weighted by Crippen LogP contribution is -2.40. The van der Waals surface area contributed by atoms with E-state index in [0.717, 1.165) is 36.0 Å². The molecule has 1 amide bonds. The predicted molar refractivity (Wildman–Crippen MR) is 71.5 cm³/mol. The Bertz CT molecular complexity index is 385. The first kappa shape index (κ1) is 12.6. The van der Waals surface area contributed by atoms with Crippen molar-refractivity contribution in [1.29, 1.82) is 0 Å². The maximum atomic E-state index is 11.7. The minimum atomic E-state index is -0.275. The van der Waals surface area contributed by atoms with Crippen LogP contribution in [-0.4, -0.2) is 23.9 Å². The van der Waals surface area contributed by atoms with E-state index in [1.165, 1.54) is 6.42 Å². The van der Waals surface area contributed by atoms with Gasteiger partial charge in [0, 0.05) is 4.47 Å². The van der Waals surface area contributed by atoms with E-state index in [1.807, 2.05) is 24.3 Å². The largest absolute Gasteiger partial charge is 0.368 e. The third-order valence-electron chi connectivity index (χ3n) is 3.21. The van der Waals surface area contributed by atoms with Crippen molar-refractivity contribution in [3.63, 3.8) is 0 Å². The van der Waals surface area contributed by atoms with Crippen molar-refractivity contribution in [3.05, 3.63) is 34.3 Å². The fourth-order valence-corrected chi connectivity index (χ4v) is 2.64. The lowest BCUT2D eigenvalue weighted by molar-refractivity contribution is -0.123. The standard InChI is InChI=1S/C13H17BrN2O/c14-11-6-4-10(5-7-11)12(13(15)17)16-8-2-1-3-9-16/h4-7,12H,1-3,8-9H2,(H2,15,17). The van der Waals surface area contributed by atoms with Crippen molar-refractivity contribution < 1.29 is 4.79 Å². The number of hydrogen-bond acceptors (Lipinski definition) is 2. The van der Waals surface area contributed by atoms with Crippen LogP contribution >= 0.6 is 15.9 Å². The van der Waals surface area contributed by atoms with Gasteiger partial charge in [-0.3, -0.25) is 9.69 Å². The second kappa shape index (κ2) is 5.65. The average Bonchev–Trinajstić information content (AvgIpc) is 2.33. The van der Waals surface area contributed by atoms with Crippen molar-refractivity contribution >= 4 is 21.8 Å². The lowest BCUT2D eigenvalue weighted by Gasteiger charge is -2.32. The smallest absolute Gasteiger partial charge is 0.239 e. The Hall–Kier alpha value is -0.870. The molecule has 3 nitrogen and oxygen atoms in total.